The van der Waals surface area contributed by atoms with Crippen LogP contribution in [-0.4, -0.2) is 18.7 Å². The first kappa shape index (κ1) is 16.4. The Hall–Kier alpha value is -1.67. The molecular weight excluding hydrogens is 262 g/mol. The van der Waals surface area contributed by atoms with E-state index < -0.39 is 17.2 Å². The molecule has 0 aliphatic heterocycles. The maximum Gasteiger partial charge on any atom is 0.167 e. The van der Waals surface area contributed by atoms with Gasteiger partial charge in [0.15, 0.2) is 11.6 Å². The summed E-state index contributed by atoms with van der Waals surface area (Å²) in [6, 6.07) is 5.51. The molecular formula is C15H20F2N2O. The van der Waals surface area contributed by atoms with Gasteiger partial charge in [-0.25, -0.2) is 8.78 Å². The quantitative estimate of drug-likeness (QED) is 0.743. The summed E-state index contributed by atoms with van der Waals surface area (Å²) >= 11 is 0. The van der Waals surface area contributed by atoms with E-state index in [1.165, 1.54) is 6.07 Å². The van der Waals surface area contributed by atoms with Crippen LogP contribution in [0.25, 0.3) is 0 Å². The normalized spacial score (nSPS) is 13.6. The fraction of sp³-hybridized carbons (Fsp3) is 0.533. The first-order valence-corrected chi connectivity index (χ1v) is 6.81. The molecule has 20 heavy (non-hydrogen) atoms. The van der Waals surface area contributed by atoms with E-state index in [0.29, 0.717) is 19.3 Å². The summed E-state index contributed by atoms with van der Waals surface area (Å²) in [5.74, 6) is -1.30. The highest BCUT2D eigenvalue weighted by atomic mass is 19.1. The van der Waals surface area contributed by atoms with Gasteiger partial charge in [0.25, 0.3) is 0 Å². The highest BCUT2D eigenvalue weighted by Gasteiger charge is 2.25. The van der Waals surface area contributed by atoms with Crippen molar-refractivity contribution in [1.29, 1.82) is 5.26 Å². The third-order valence-corrected chi connectivity index (χ3v) is 3.23. The minimum Gasteiger partial charge on any atom is -0.491 e. The summed E-state index contributed by atoms with van der Waals surface area (Å²) in [5, 5.41) is 12.4. The molecule has 0 saturated carbocycles. The van der Waals surface area contributed by atoms with Gasteiger partial charge in [0.1, 0.15) is 11.4 Å². The van der Waals surface area contributed by atoms with Crippen LogP contribution in [0.15, 0.2) is 18.2 Å². The third-order valence-electron chi connectivity index (χ3n) is 3.23. The van der Waals surface area contributed by atoms with Crippen LogP contribution >= 0.6 is 0 Å². The molecule has 0 saturated heterocycles. The zero-order valence-corrected chi connectivity index (χ0v) is 11.9. The van der Waals surface area contributed by atoms with Crippen molar-refractivity contribution in [1.82, 2.24) is 5.32 Å². The van der Waals surface area contributed by atoms with Crippen LogP contribution in [0.1, 0.15) is 33.1 Å². The fourth-order valence-corrected chi connectivity index (χ4v) is 2.05. The van der Waals surface area contributed by atoms with Crippen molar-refractivity contribution < 1.29 is 13.5 Å². The van der Waals surface area contributed by atoms with E-state index in [4.69, 9.17) is 4.74 Å². The SMILES string of the molecule is CCNC(C#N)(CC)CCCOc1ccc(F)cc1F. The van der Waals surface area contributed by atoms with Gasteiger partial charge in [-0.15, -0.1) is 0 Å². The minimum atomic E-state index is -0.710. The first-order valence-electron chi connectivity index (χ1n) is 6.81. The van der Waals surface area contributed by atoms with E-state index in [0.717, 1.165) is 18.7 Å². The van der Waals surface area contributed by atoms with Gasteiger partial charge in [0, 0.05) is 6.07 Å². The van der Waals surface area contributed by atoms with Crippen molar-refractivity contribution in [2.24, 2.45) is 0 Å². The molecule has 3 nitrogen and oxygen atoms in total. The van der Waals surface area contributed by atoms with Crippen molar-refractivity contribution in [2.45, 2.75) is 38.6 Å². The Morgan fingerprint density at radius 3 is 2.65 bits per heavy atom. The molecule has 1 rings (SSSR count). The van der Waals surface area contributed by atoms with Gasteiger partial charge in [-0.1, -0.05) is 13.8 Å². The second-order valence-corrected chi connectivity index (χ2v) is 4.60. The van der Waals surface area contributed by atoms with E-state index in [-0.39, 0.29) is 12.4 Å². The first-order chi connectivity index (χ1) is 9.56. The molecule has 0 heterocycles. The number of benzene rings is 1. The lowest BCUT2D eigenvalue weighted by Crippen LogP contribution is -2.43. The van der Waals surface area contributed by atoms with Gasteiger partial charge in [-0.05, 0) is 37.9 Å². The largest absolute Gasteiger partial charge is 0.491 e. The van der Waals surface area contributed by atoms with Crippen molar-refractivity contribution in [3.63, 3.8) is 0 Å². The van der Waals surface area contributed by atoms with Crippen LogP contribution in [0.2, 0.25) is 0 Å². The molecule has 5 heteroatoms. The summed E-state index contributed by atoms with van der Waals surface area (Å²) in [5.41, 5.74) is -0.556. The Kier molecular flexibility index (Phi) is 6.40. The highest BCUT2D eigenvalue weighted by molar-refractivity contribution is 5.24. The number of hydrogen-bond donors (Lipinski definition) is 1. The van der Waals surface area contributed by atoms with E-state index in [1.54, 1.807) is 0 Å². The zero-order valence-electron chi connectivity index (χ0n) is 11.9. The molecule has 0 spiro atoms. The van der Waals surface area contributed by atoms with Crippen LogP contribution in [-0.2, 0) is 0 Å². The molecule has 0 bridgehead atoms. The molecule has 1 N–H and O–H groups in total. The summed E-state index contributed by atoms with van der Waals surface area (Å²) in [6.07, 6.45) is 1.93. The second kappa shape index (κ2) is 7.81. The number of ether oxygens (including phenoxy) is 1. The Morgan fingerprint density at radius 2 is 2.10 bits per heavy atom. The molecule has 0 aliphatic rings. The van der Waals surface area contributed by atoms with Crippen molar-refractivity contribution in [3.05, 3.63) is 29.8 Å². The van der Waals surface area contributed by atoms with Gasteiger partial charge in [-0.3, -0.25) is 5.32 Å². The monoisotopic (exact) mass is 282 g/mol. The molecule has 0 fully saturated rings. The highest BCUT2D eigenvalue weighted by Crippen LogP contribution is 2.20. The molecule has 0 radical (unpaired) electrons. The molecule has 1 aromatic carbocycles. The predicted molar refractivity (Wildman–Crippen MR) is 73.4 cm³/mol. The summed E-state index contributed by atoms with van der Waals surface area (Å²) in [7, 11) is 0. The maximum atomic E-state index is 13.3. The van der Waals surface area contributed by atoms with Crippen molar-refractivity contribution >= 4 is 0 Å². The topological polar surface area (TPSA) is 45.0 Å². The van der Waals surface area contributed by atoms with Crippen LogP contribution in [0.4, 0.5) is 8.78 Å². The zero-order chi connectivity index (χ0) is 15.0. The smallest absolute Gasteiger partial charge is 0.167 e. The van der Waals surface area contributed by atoms with E-state index in [9.17, 15) is 14.0 Å². The average Bonchev–Trinajstić information content (AvgIpc) is 2.44. The lowest BCUT2D eigenvalue weighted by Gasteiger charge is -2.25. The Bertz CT molecular complexity index is 473. The molecule has 1 aromatic rings. The van der Waals surface area contributed by atoms with Crippen LogP contribution in [0.5, 0.6) is 5.75 Å². The van der Waals surface area contributed by atoms with E-state index in [1.807, 2.05) is 13.8 Å². The molecule has 1 unspecified atom stereocenters. The summed E-state index contributed by atoms with van der Waals surface area (Å²) in [4.78, 5) is 0. The Balaban J connectivity index is 2.46. The minimum absolute atomic E-state index is 0.0360. The molecule has 0 aliphatic carbocycles. The Morgan fingerprint density at radius 1 is 1.35 bits per heavy atom. The van der Waals surface area contributed by atoms with E-state index in [2.05, 4.69) is 11.4 Å². The van der Waals surface area contributed by atoms with Crippen LogP contribution in [0, 0.1) is 23.0 Å². The van der Waals surface area contributed by atoms with Crippen molar-refractivity contribution in [3.8, 4) is 11.8 Å². The standard InChI is InChI=1S/C15H20F2N2O/c1-3-15(11-18,19-4-2)8-5-9-20-14-7-6-12(16)10-13(14)17/h6-7,10,19H,3-5,8-9H2,1-2H3. The van der Waals surface area contributed by atoms with E-state index >= 15 is 0 Å². The summed E-state index contributed by atoms with van der Waals surface area (Å²) < 4.78 is 31.3. The number of halogens is 2. The lowest BCUT2D eigenvalue weighted by molar-refractivity contribution is 0.267. The fourth-order valence-electron chi connectivity index (χ4n) is 2.05. The van der Waals surface area contributed by atoms with Gasteiger partial charge in [0.05, 0.1) is 12.7 Å². The van der Waals surface area contributed by atoms with Gasteiger partial charge in [-0.2, -0.15) is 5.26 Å². The summed E-state index contributed by atoms with van der Waals surface area (Å²) in [6.45, 7) is 4.91. The third kappa shape index (κ3) is 4.46. The second-order valence-electron chi connectivity index (χ2n) is 4.60. The maximum absolute atomic E-state index is 13.3. The van der Waals surface area contributed by atoms with Gasteiger partial charge >= 0.3 is 0 Å². The molecule has 1 atom stereocenters. The van der Waals surface area contributed by atoms with Gasteiger partial charge < -0.3 is 4.74 Å². The van der Waals surface area contributed by atoms with Crippen molar-refractivity contribution in [2.75, 3.05) is 13.2 Å². The number of rotatable bonds is 8. The number of hydrogen-bond acceptors (Lipinski definition) is 3. The molecule has 0 amide bonds. The average molecular weight is 282 g/mol. The molecule has 0 aromatic heterocycles. The lowest BCUT2D eigenvalue weighted by atomic mass is 9.92. The number of nitrogens with zero attached hydrogens (tertiary/aromatic N) is 1. The number of nitriles is 1. The Labute approximate surface area is 118 Å². The predicted octanol–water partition coefficient (Wildman–Crippen LogP) is 3.41. The van der Waals surface area contributed by atoms with Crippen LogP contribution < -0.4 is 10.1 Å². The number of nitrogens with one attached hydrogen (secondary N) is 1. The van der Waals surface area contributed by atoms with Crippen LogP contribution in [0.3, 0.4) is 0 Å². The van der Waals surface area contributed by atoms with Gasteiger partial charge in [0.2, 0.25) is 0 Å². The molecule has 110 valence electrons.